The summed E-state index contributed by atoms with van der Waals surface area (Å²) in [6.07, 6.45) is 1.70. The van der Waals surface area contributed by atoms with Crippen LogP contribution < -0.4 is 4.72 Å². The van der Waals surface area contributed by atoms with Crippen molar-refractivity contribution in [2.75, 3.05) is 4.72 Å². The summed E-state index contributed by atoms with van der Waals surface area (Å²) in [6.45, 7) is 2.74. The van der Waals surface area contributed by atoms with Crippen molar-refractivity contribution in [2.24, 2.45) is 0 Å². The second-order valence-corrected chi connectivity index (χ2v) is 7.50. The normalized spacial score (nSPS) is 11.8. The molecule has 0 fully saturated rings. The van der Waals surface area contributed by atoms with Gasteiger partial charge < -0.3 is 0 Å². The van der Waals surface area contributed by atoms with Crippen LogP contribution in [0.5, 0.6) is 0 Å². The van der Waals surface area contributed by atoms with Crippen LogP contribution in [0.3, 0.4) is 0 Å². The molecule has 23 heavy (non-hydrogen) atoms. The maximum Gasteiger partial charge on any atom is 0.261 e. The first-order chi connectivity index (χ1) is 10.9. The predicted molar refractivity (Wildman–Crippen MR) is 92.7 cm³/mol. The number of rotatable bonds is 4. The molecule has 0 saturated carbocycles. The molecule has 1 aromatic heterocycles. The Morgan fingerprint density at radius 2 is 1.83 bits per heavy atom. The summed E-state index contributed by atoms with van der Waals surface area (Å²) < 4.78 is 29.3. The van der Waals surface area contributed by atoms with Crippen LogP contribution in [-0.2, 0) is 16.6 Å². The molecule has 0 bridgehead atoms. The largest absolute Gasteiger partial charge is 0.280 e. The fourth-order valence-corrected chi connectivity index (χ4v) is 4.08. The van der Waals surface area contributed by atoms with Gasteiger partial charge >= 0.3 is 0 Å². The molecule has 0 aliphatic carbocycles. The maximum atomic E-state index is 12.5. The highest BCUT2D eigenvalue weighted by Gasteiger charge is 2.16. The Labute approximate surface area is 143 Å². The first kappa shape index (κ1) is 16.1. The van der Waals surface area contributed by atoms with Crippen molar-refractivity contribution in [1.29, 1.82) is 0 Å². The number of sulfonamides is 1. The van der Waals surface area contributed by atoms with E-state index in [-0.39, 0.29) is 14.9 Å². The third kappa shape index (κ3) is 3.29. The molecular formula is C15H13Cl2N3O2S. The maximum absolute atomic E-state index is 12.5. The molecule has 0 aliphatic heterocycles. The van der Waals surface area contributed by atoms with Gasteiger partial charge in [-0.2, -0.15) is 5.10 Å². The Balaban J connectivity index is 1.96. The predicted octanol–water partition coefficient (Wildman–Crippen LogP) is 4.16. The Hall–Kier alpha value is -1.76. The van der Waals surface area contributed by atoms with E-state index >= 15 is 0 Å². The van der Waals surface area contributed by atoms with Crippen molar-refractivity contribution in [1.82, 2.24) is 9.78 Å². The van der Waals surface area contributed by atoms with Crippen molar-refractivity contribution < 1.29 is 8.42 Å². The summed E-state index contributed by atoms with van der Waals surface area (Å²) >= 11 is 11.7. The number of halogens is 2. The van der Waals surface area contributed by atoms with Crippen LogP contribution in [0.2, 0.25) is 10.0 Å². The van der Waals surface area contributed by atoms with Gasteiger partial charge in [0.15, 0.2) is 0 Å². The van der Waals surface area contributed by atoms with Gasteiger partial charge in [-0.1, -0.05) is 23.2 Å². The SMILES string of the molecule is CCn1ncc2cc(NS(=O)(=O)c3cc(Cl)cc(Cl)c3)ccc21. The van der Waals surface area contributed by atoms with Crippen LogP contribution in [0.15, 0.2) is 47.5 Å². The number of hydrogen-bond donors (Lipinski definition) is 1. The number of anilines is 1. The monoisotopic (exact) mass is 369 g/mol. The molecule has 0 saturated heterocycles. The average Bonchev–Trinajstić information content (AvgIpc) is 2.88. The van der Waals surface area contributed by atoms with E-state index in [1.807, 2.05) is 17.7 Å². The number of benzene rings is 2. The van der Waals surface area contributed by atoms with E-state index in [1.54, 1.807) is 18.3 Å². The first-order valence-corrected chi connectivity index (χ1v) is 9.07. The molecule has 8 heteroatoms. The molecule has 0 atom stereocenters. The summed E-state index contributed by atoms with van der Waals surface area (Å²) in [6, 6.07) is 9.44. The fraction of sp³-hybridized carbons (Fsp3) is 0.133. The first-order valence-electron chi connectivity index (χ1n) is 6.83. The average molecular weight is 370 g/mol. The summed E-state index contributed by atoms with van der Waals surface area (Å²) in [5.41, 5.74) is 1.39. The summed E-state index contributed by atoms with van der Waals surface area (Å²) in [4.78, 5) is 0.0133. The second-order valence-electron chi connectivity index (χ2n) is 4.94. The standard InChI is InChI=1S/C15H13Cl2N3O2S/c1-2-20-15-4-3-13(5-10(15)9-18-20)19-23(21,22)14-7-11(16)6-12(17)8-14/h3-9,19H,2H2,1H3. The van der Waals surface area contributed by atoms with Gasteiger partial charge in [-0.3, -0.25) is 9.40 Å². The molecule has 0 spiro atoms. The van der Waals surface area contributed by atoms with E-state index in [2.05, 4.69) is 9.82 Å². The number of fused-ring (bicyclic) bond motifs is 1. The van der Waals surface area contributed by atoms with Crippen molar-refractivity contribution in [3.8, 4) is 0 Å². The lowest BCUT2D eigenvalue weighted by Gasteiger charge is -2.09. The molecule has 0 aliphatic rings. The van der Waals surface area contributed by atoms with Crippen molar-refractivity contribution in [3.63, 3.8) is 0 Å². The van der Waals surface area contributed by atoms with E-state index in [9.17, 15) is 8.42 Å². The molecule has 1 N–H and O–H groups in total. The van der Waals surface area contributed by atoms with Crippen molar-refractivity contribution >= 4 is 49.8 Å². The number of nitrogens with one attached hydrogen (secondary N) is 1. The third-order valence-corrected chi connectivity index (χ3v) is 5.14. The van der Waals surface area contributed by atoms with Gasteiger partial charge in [0.2, 0.25) is 0 Å². The Morgan fingerprint density at radius 1 is 1.13 bits per heavy atom. The second kappa shape index (κ2) is 6.03. The molecule has 5 nitrogen and oxygen atoms in total. The zero-order valence-electron chi connectivity index (χ0n) is 12.1. The van der Waals surface area contributed by atoms with Crippen LogP contribution in [0.1, 0.15) is 6.92 Å². The van der Waals surface area contributed by atoms with E-state index in [0.717, 1.165) is 17.4 Å². The summed E-state index contributed by atoms with van der Waals surface area (Å²) in [5.74, 6) is 0. The molecule has 3 rings (SSSR count). The number of aromatic nitrogens is 2. The van der Waals surface area contributed by atoms with Gasteiger partial charge in [-0.05, 0) is 43.3 Å². The van der Waals surface area contributed by atoms with Gasteiger partial charge in [0.1, 0.15) is 0 Å². The Kier molecular flexibility index (Phi) is 4.23. The van der Waals surface area contributed by atoms with Crippen molar-refractivity contribution in [3.05, 3.63) is 52.6 Å². The van der Waals surface area contributed by atoms with E-state index in [4.69, 9.17) is 23.2 Å². The van der Waals surface area contributed by atoms with Gasteiger partial charge in [-0.15, -0.1) is 0 Å². The smallest absolute Gasteiger partial charge is 0.261 e. The molecule has 2 aromatic carbocycles. The van der Waals surface area contributed by atoms with Gasteiger partial charge in [0, 0.05) is 27.7 Å². The molecule has 0 unspecified atom stereocenters. The Morgan fingerprint density at radius 3 is 2.48 bits per heavy atom. The van der Waals surface area contributed by atoms with Crippen LogP contribution in [-0.4, -0.2) is 18.2 Å². The molecule has 1 heterocycles. The van der Waals surface area contributed by atoms with Crippen LogP contribution in [0, 0.1) is 0 Å². The van der Waals surface area contributed by atoms with Gasteiger partial charge in [0.05, 0.1) is 16.6 Å². The van der Waals surface area contributed by atoms with E-state index in [1.165, 1.54) is 18.2 Å². The lowest BCUT2D eigenvalue weighted by atomic mass is 10.2. The molecule has 120 valence electrons. The van der Waals surface area contributed by atoms with Gasteiger partial charge in [-0.25, -0.2) is 8.42 Å². The van der Waals surface area contributed by atoms with E-state index in [0.29, 0.717) is 5.69 Å². The fourth-order valence-electron chi connectivity index (χ4n) is 2.30. The minimum absolute atomic E-state index is 0.0133. The molecule has 0 amide bonds. The highest BCUT2D eigenvalue weighted by molar-refractivity contribution is 7.92. The van der Waals surface area contributed by atoms with E-state index < -0.39 is 10.0 Å². The zero-order valence-corrected chi connectivity index (χ0v) is 14.5. The number of aryl methyl sites for hydroxylation is 1. The molecule has 0 radical (unpaired) electrons. The van der Waals surface area contributed by atoms with Crippen molar-refractivity contribution in [2.45, 2.75) is 18.4 Å². The quantitative estimate of drug-likeness (QED) is 0.750. The van der Waals surface area contributed by atoms with Crippen LogP contribution >= 0.6 is 23.2 Å². The lowest BCUT2D eigenvalue weighted by Crippen LogP contribution is -2.13. The topological polar surface area (TPSA) is 64.0 Å². The summed E-state index contributed by atoms with van der Waals surface area (Å²) in [5, 5.41) is 5.62. The highest BCUT2D eigenvalue weighted by atomic mass is 35.5. The third-order valence-electron chi connectivity index (χ3n) is 3.34. The zero-order chi connectivity index (χ0) is 16.6. The minimum atomic E-state index is -3.77. The van der Waals surface area contributed by atoms with Gasteiger partial charge in [0.25, 0.3) is 10.0 Å². The Bertz CT molecular complexity index is 963. The number of nitrogens with zero attached hydrogens (tertiary/aromatic N) is 2. The van der Waals surface area contributed by atoms with Crippen LogP contribution in [0.4, 0.5) is 5.69 Å². The molecular weight excluding hydrogens is 357 g/mol. The highest BCUT2D eigenvalue weighted by Crippen LogP contribution is 2.25. The van der Waals surface area contributed by atoms with Crippen LogP contribution in [0.25, 0.3) is 10.9 Å². The molecule has 3 aromatic rings. The summed E-state index contributed by atoms with van der Waals surface area (Å²) in [7, 11) is -3.77. The number of hydrogen-bond acceptors (Lipinski definition) is 3. The minimum Gasteiger partial charge on any atom is -0.280 e. The lowest BCUT2D eigenvalue weighted by molar-refractivity contribution is 0.601.